The third-order valence-corrected chi connectivity index (χ3v) is 4.73. The van der Waals surface area contributed by atoms with E-state index in [1.54, 1.807) is 12.3 Å². The average molecular weight is 262 g/mol. The highest BCUT2D eigenvalue weighted by molar-refractivity contribution is 5.92. The van der Waals surface area contributed by atoms with Crippen molar-refractivity contribution in [3.63, 3.8) is 0 Å². The van der Waals surface area contributed by atoms with E-state index in [1.807, 2.05) is 4.90 Å². The number of piperidine rings is 2. The summed E-state index contributed by atoms with van der Waals surface area (Å²) in [7, 11) is 2.18. The monoisotopic (exact) mass is 262 g/mol. The molecule has 2 fully saturated rings. The Bertz CT molecular complexity index is 434. The highest BCUT2D eigenvalue weighted by Crippen LogP contribution is 2.39. The Morgan fingerprint density at radius 2 is 2.11 bits per heavy atom. The van der Waals surface area contributed by atoms with Crippen LogP contribution in [-0.4, -0.2) is 59.1 Å². The van der Waals surface area contributed by atoms with Gasteiger partial charge in [0.2, 0.25) is 0 Å². The van der Waals surface area contributed by atoms with Gasteiger partial charge in [0, 0.05) is 19.3 Å². The molecule has 5 heteroatoms. The molecule has 0 unspecified atom stereocenters. The van der Waals surface area contributed by atoms with Crippen LogP contribution < -0.4 is 0 Å². The van der Waals surface area contributed by atoms with E-state index in [-0.39, 0.29) is 5.91 Å². The van der Waals surface area contributed by atoms with E-state index in [2.05, 4.69) is 22.1 Å². The van der Waals surface area contributed by atoms with Crippen LogP contribution in [0.25, 0.3) is 0 Å². The van der Waals surface area contributed by atoms with Crippen LogP contribution in [0.2, 0.25) is 0 Å². The Hall–Kier alpha value is -1.36. The van der Waals surface area contributed by atoms with Gasteiger partial charge in [-0.3, -0.25) is 9.89 Å². The smallest absolute Gasteiger partial charge is 0.271 e. The second kappa shape index (κ2) is 4.96. The lowest BCUT2D eigenvalue weighted by atomic mass is 9.72. The molecule has 1 spiro atoms. The molecule has 104 valence electrons. The predicted octanol–water partition coefficient (Wildman–Crippen LogP) is 1.36. The van der Waals surface area contributed by atoms with Crippen LogP contribution in [0, 0.1) is 5.41 Å². The minimum absolute atomic E-state index is 0.107. The molecule has 0 aliphatic carbocycles. The van der Waals surface area contributed by atoms with Crippen molar-refractivity contribution in [1.82, 2.24) is 20.0 Å². The zero-order valence-corrected chi connectivity index (χ0v) is 11.6. The molecule has 1 aromatic rings. The number of H-pyrrole nitrogens is 1. The number of aromatic amines is 1. The lowest BCUT2D eigenvalue weighted by molar-refractivity contribution is 0.0257. The van der Waals surface area contributed by atoms with E-state index in [4.69, 9.17) is 0 Å². The van der Waals surface area contributed by atoms with Crippen LogP contribution in [0.15, 0.2) is 12.3 Å². The van der Waals surface area contributed by atoms with Gasteiger partial charge in [0.05, 0.1) is 0 Å². The van der Waals surface area contributed by atoms with E-state index >= 15 is 0 Å². The van der Waals surface area contributed by atoms with E-state index in [0.29, 0.717) is 11.1 Å². The number of carbonyl (C=O) groups excluding carboxylic acids is 1. The van der Waals surface area contributed by atoms with Gasteiger partial charge in [-0.2, -0.15) is 5.10 Å². The number of carbonyl (C=O) groups is 1. The van der Waals surface area contributed by atoms with Crippen LogP contribution in [0.1, 0.15) is 36.2 Å². The summed E-state index contributed by atoms with van der Waals surface area (Å²) in [6, 6.07) is 1.76. The fraction of sp³-hybridized carbons (Fsp3) is 0.714. The van der Waals surface area contributed by atoms with E-state index in [0.717, 1.165) is 32.6 Å². The maximum atomic E-state index is 12.4. The first-order valence-corrected chi connectivity index (χ1v) is 7.16. The molecule has 3 rings (SSSR count). The molecule has 3 heterocycles. The Balaban J connectivity index is 1.70. The van der Waals surface area contributed by atoms with Crippen molar-refractivity contribution < 1.29 is 4.79 Å². The number of amides is 1. The standard InChI is InChI=1S/C14H22N4O/c1-17-9-5-14(6-10-17)4-2-8-18(11-14)13(19)12-3-7-15-16-12/h3,7H,2,4-6,8-11H2,1H3,(H,15,16). The van der Waals surface area contributed by atoms with Gasteiger partial charge in [0.1, 0.15) is 5.69 Å². The largest absolute Gasteiger partial charge is 0.337 e. The van der Waals surface area contributed by atoms with Crippen LogP contribution in [0.5, 0.6) is 0 Å². The third kappa shape index (κ3) is 2.52. The SMILES string of the molecule is CN1CCC2(CCCN(C(=O)c3ccn[nH]3)C2)CC1. The number of hydrogen-bond donors (Lipinski definition) is 1. The van der Waals surface area contributed by atoms with Crippen molar-refractivity contribution in [3.05, 3.63) is 18.0 Å². The number of nitrogens with one attached hydrogen (secondary N) is 1. The Labute approximate surface area is 114 Å². The number of rotatable bonds is 1. The van der Waals surface area contributed by atoms with Crippen molar-refractivity contribution in [3.8, 4) is 0 Å². The molecule has 0 bridgehead atoms. The third-order valence-electron chi connectivity index (χ3n) is 4.73. The summed E-state index contributed by atoms with van der Waals surface area (Å²) in [4.78, 5) is 16.8. The van der Waals surface area contributed by atoms with Crippen molar-refractivity contribution in [2.45, 2.75) is 25.7 Å². The molecular weight excluding hydrogens is 240 g/mol. The van der Waals surface area contributed by atoms with E-state index in [1.165, 1.54) is 19.3 Å². The summed E-state index contributed by atoms with van der Waals surface area (Å²) >= 11 is 0. The lowest BCUT2D eigenvalue weighted by Gasteiger charge is -2.47. The normalized spacial score (nSPS) is 23.7. The summed E-state index contributed by atoms with van der Waals surface area (Å²) in [5.74, 6) is 0.107. The molecule has 5 nitrogen and oxygen atoms in total. The highest BCUT2D eigenvalue weighted by atomic mass is 16.2. The number of hydrogen-bond acceptors (Lipinski definition) is 3. The van der Waals surface area contributed by atoms with Gasteiger partial charge >= 0.3 is 0 Å². The molecule has 19 heavy (non-hydrogen) atoms. The molecule has 1 amide bonds. The van der Waals surface area contributed by atoms with Crippen molar-refractivity contribution in [1.29, 1.82) is 0 Å². The second-order valence-electron chi connectivity index (χ2n) is 6.10. The zero-order chi connectivity index (χ0) is 13.3. The number of nitrogens with zero attached hydrogens (tertiary/aromatic N) is 3. The summed E-state index contributed by atoms with van der Waals surface area (Å²) < 4.78 is 0. The molecule has 2 aliphatic heterocycles. The summed E-state index contributed by atoms with van der Waals surface area (Å²) in [6.07, 6.45) is 6.48. The van der Waals surface area contributed by atoms with Crippen molar-refractivity contribution in [2.75, 3.05) is 33.2 Å². The first-order chi connectivity index (χ1) is 9.19. The summed E-state index contributed by atoms with van der Waals surface area (Å²) in [5, 5.41) is 6.66. The molecule has 2 aliphatic rings. The molecular formula is C14H22N4O. The lowest BCUT2D eigenvalue weighted by Crippen LogP contribution is -2.50. The fourth-order valence-corrected chi connectivity index (χ4v) is 3.43. The van der Waals surface area contributed by atoms with E-state index < -0.39 is 0 Å². The first kappa shape index (κ1) is 12.7. The zero-order valence-electron chi connectivity index (χ0n) is 11.6. The van der Waals surface area contributed by atoms with Crippen LogP contribution >= 0.6 is 0 Å². The van der Waals surface area contributed by atoms with Gasteiger partial charge in [0.25, 0.3) is 5.91 Å². The molecule has 2 saturated heterocycles. The number of aromatic nitrogens is 2. The number of likely N-dealkylation sites (tertiary alicyclic amines) is 2. The van der Waals surface area contributed by atoms with Gasteiger partial charge in [0.15, 0.2) is 0 Å². The molecule has 1 N–H and O–H groups in total. The minimum atomic E-state index is 0.107. The van der Waals surface area contributed by atoms with Crippen molar-refractivity contribution in [2.24, 2.45) is 5.41 Å². The maximum Gasteiger partial charge on any atom is 0.271 e. The maximum absolute atomic E-state index is 12.4. The summed E-state index contributed by atoms with van der Waals surface area (Å²) in [6.45, 7) is 4.12. The molecule has 0 aromatic carbocycles. The average Bonchev–Trinajstić information content (AvgIpc) is 2.96. The van der Waals surface area contributed by atoms with Gasteiger partial charge in [-0.1, -0.05) is 0 Å². The molecule has 0 saturated carbocycles. The Morgan fingerprint density at radius 3 is 2.79 bits per heavy atom. The van der Waals surface area contributed by atoms with Crippen LogP contribution in [0.3, 0.4) is 0 Å². The van der Waals surface area contributed by atoms with Crippen LogP contribution in [0.4, 0.5) is 0 Å². The van der Waals surface area contributed by atoms with Gasteiger partial charge in [-0.25, -0.2) is 0 Å². The van der Waals surface area contributed by atoms with Crippen molar-refractivity contribution >= 4 is 5.91 Å². The van der Waals surface area contributed by atoms with Gasteiger partial charge in [-0.15, -0.1) is 0 Å². The van der Waals surface area contributed by atoms with Crippen LogP contribution in [-0.2, 0) is 0 Å². The highest BCUT2D eigenvalue weighted by Gasteiger charge is 2.39. The van der Waals surface area contributed by atoms with Gasteiger partial charge < -0.3 is 9.80 Å². The van der Waals surface area contributed by atoms with Gasteiger partial charge in [-0.05, 0) is 57.3 Å². The first-order valence-electron chi connectivity index (χ1n) is 7.16. The van der Waals surface area contributed by atoms with E-state index in [9.17, 15) is 4.79 Å². The molecule has 0 radical (unpaired) electrons. The minimum Gasteiger partial charge on any atom is -0.337 e. The second-order valence-corrected chi connectivity index (χ2v) is 6.10. The quantitative estimate of drug-likeness (QED) is 0.831. The Kier molecular flexibility index (Phi) is 3.31. The fourth-order valence-electron chi connectivity index (χ4n) is 3.43. The predicted molar refractivity (Wildman–Crippen MR) is 72.9 cm³/mol. The summed E-state index contributed by atoms with van der Waals surface area (Å²) in [5.41, 5.74) is 0.977. The molecule has 1 aromatic heterocycles. The topological polar surface area (TPSA) is 52.2 Å². The Morgan fingerprint density at radius 1 is 1.32 bits per heavy atom. The molecule has 0 atom stereocenters.